The fourth-order valence-electron chi connectivity index (χ4n) is 2.20. The van der Waals surface area contributed by atoms with Crippen molar-refractivity contribution in [3.05, 3.63) is 18.2 Å². The Hall–Kier alpha value is -2.24. The van der Waals surface area contributed by atoms with Gasteiger partial charge < -0.3 is 15.8 Å². The molecule has 6 nitrogen and oxygen atoms in total. The number of anilines is 1. The SMILES string of the molecule is COc1ccc2nc(N)n(C(C)C(=O)NCC(C)C)c2c1. The molecule has 3 N–H and O–H groups in total. The molecule has 1 atom stereocenters. The van der Waals surface area contributed by atoms with E-state index in [2.05, 4.69) is 24.1 Å². The molecule has 1 amide bonds. The Balaban J connectivity index is 2.35. The zero-order chi connectivity index (χ0) is 15.6. The van der Waals surface area contributed by atoms with Gasteiger partial charge in [-0.15, -0.1) is 0 Å². The number of nitrogens with one attached hydrogen (secondary N) is 1. The lowest BCUT2D eigenvalue weighted by Gasteiger charge is -2.17. The maximum Gasteiger partial charge on any atom is 0.242 e. The van der Waals surface area contributed by atoms with Crippen LogP contribution in [0.4, 0.5) is 5.95 Å². The van der Waals surface area contributed by atoms with Crippen molar-refractivity contribution in [3.63, 3.8) is 0 Å². The van der Waals surface area contributed by atoms with Crippen molar-refractivity contribution in [2.24, 2.45) is 5.92 Å². The summed E-state index contributed by atoms with van der Waals surface area (Å²) in [6.07, 6.45) is 0. The minimum Gasteiger partial charge on any atom is -0.497 e. The minimum absolute atomic E-state index is 0.0717. The van der Waals surface area contributed by atoms with E-state index >= 15 is 0 Å². The van der Waals surface area contributed by atoms with Crippen LogP contribution in [0.2, 0.25) is 0 Å². The van der Waals surface area contributed by atoms with Crippen molar-refractivity contribution in [3.8, 4) is 5.75 Å². The van der Waals surface area contributed by atoms with Crippen LogP contribution in [-0.4, -0.2) is 29.1 Å². The van der Waals surface area contributed by atoms with Crippen LogP contribution in [0.1, 0.15) is 26.8 Å². The fourth-order valence-corrected chi connectivity index (χ4v) is 2.20. The first-order valence-corrected chi connectivity index (χ1v) is 7.03. The second-order valence-electron chi connectivity index (χ2n) is 5.51. The molecule has 6 heteroatoms. The molecule has 0 bridgehead atoms. The van der Waals surface area contributed by atoms with Gasteiger partial charge in [-0.25, -0.2) is 4.98 Å². The summed E-state index contributed by atoms with van der Waals surface area (Å²) in [5.74, 6) is 1.36. The maximum atomic E-state index is 12.2. The number of rotatable bonds is 5. The van der Waals surface area contributed by atoms with Crippen molar-refractivity contribution in [1.82, 2.24) is 14.9 Å². The van der Waals surface area contributed by atoms with Crippen LogP contribution in [0.25, 0.3) is 11.0 Å². The second-order valence-corrected chi connectivity index (χ2v) is 5.51. The predicted molar refractivity (Wildman–Crippen MR) is 83.3 cm³/mol. The number of nitrogens with two attached hydrogens (primary N) is 1. The van der Waals surface area contributed by atoms with E-state index in [1.165, 1.54) is 0 Å². The number of aromatic nitrogens is 2. The summed E-state index contributed by atoms with van der Waals surface area (Å²) in [7, 11) is 1.60. The van der Waals surface area contributed by atoms with Gasteiger partial charge in [-0.3, -0.25) is 9.36 Å². The number of nitrogen functional groups attached to an aromatic ring is 1. The number of nitrogens with zero attached hydrogens (tertiary/aromatic N) is 2. The summed E-state index contributed by atoms with van der Waals surface area (Å²) in [5.41, 5.74) is 7.51. The Morgan fingerprint density at radius 3 is 2.76 bits per heavy atom. The number of ether oxygens (including phenoxy) is 1. The first-order chi connectivity index (χ1) is 9.93. The van der Waals surface area contributed by atoms with Crippen molar-refractivity contribution in [2.75, 3.05) is 19.4 Å². The number of benzene rings is 1. The number of fused-ring (bicyclic) bond motifs is 1. The number of hydrogen-bond acceptors (Lipinski definition) is 4. The summed E-state index contributed by atoms with van der Waals surface area (Å²) in [4.78, 5) is 16.5. The van der Waals surface area contributed by atoms with E-state index in [-0.39, 0.29) is 5.91 Å². The molecule has 0 fully saturated rings. The van der Waals surface area contributed by atoms with E-state index in [1.54, 1.807) is 11.7 Å². The second kappa shape index (κ2) is 6.03. The van der Waals surface area contributed by atoms with Gasteiger partial charge in [0.25, 0.3) is 0 Å². The molecule has 1 unspecified atom stereocenters. The Kier molecular flexibility index (Phi) is 4.35. The Labute approximate surface area is 124 Å². The lowest BCUT2D eigenvalue weighted by atomic mass is 10.2. The molecule has 0 aliphatic rings. The standard InChI is InChI=1S/C15H22N4O2/c1-9(2)8-17-14(20)10(3)19-13-7-11(21-4)5-6-12(13)18-15(19)16/h5-7,9-10H,8H2,1-4H3,(H2,16,18)(H,17,20). The van der Waals surface area contributed by atoms with Gasteiger partial charge in [0.2, 0.25) is 11.9 Å². The molecule has 114 valence electrons. The largest absolute Gasteiger partial charge is 0.497 e. The zero-order valence-corrected chi connectivity index (χ0v) is 12.9. The monoisotopic (exact) mass is 290 g/mol. The van der Waals surface area contributed by atoms with Crippen molar-refractivity contribution in [1.29, 1.82) is 0 Å². The Morgan fingerprint density at radius 2 is 2.14 bits per heavy atom. The smallest absolute Gasteiger partial charge is 0.242 e. The summed E-state index contributed by atoms with van der Waals surface area (Å²) in [5, 5.41) is 2.92. The number of carbonyl (C=O) groups is 1. The Morgan fingerprint density at radius 1 is 1.43 bits per heavy atom. The third-order valence-electron chi connectivity index (χ3n) is 3.38. The molecule has 2 rings (SSSR count). The lowest BCUT2D eigenvalue weighted by molar-refractivity contribution is -0.123. The summed E-state index contributed by atoms with van der Waals surface area (Å²) in [6.45, 7) is 6.55. The highest BCUT2D eigenvalue weighted by Gasteiger charge is 2.20. The van der Waals surface area contributed by atoms with Crippen LogP contribution in [-0.2, 0) is 4.79 Å². The molecule has 0 saturated carbocycles. The van der Waals surface area contributed by atoms with Gasteiger partial charge in [-0.2, -0.15) is 0 Å². The van der Waals surface area contributed by atoms with Crippen LogP contribution in [0.3, 0.4) is 0 Å². The van der Waals surface area contributed by atoms with Gasteiger partial charge in [0.05, 0.1) is 18.1 Å². The van der Waals surface area contributed by atoms with Gasteiger partial charge in [0, 0.05) is 12.6 Å². The molecular formula is C15H22N4O2. The lowest BCUT2D eigenvalue weighted by Crippen LogP contribution is -2.33. The van der Waals surface area contributed by atoms with Crippen LogP contribution < -0.4 is 15.8 Å². The fraction of sp³-hybridized carbons (Fsp3) is 0.467. The normalized spacial score (nSPS) is 12.6. The van der Waals surface area contributed by atoms with Gasteiger partial charge in [0.1, 0.15) is 11.8 Å². The number of hydrogen-bond donors (Lipinski definition) is 2. The van der Waals surface area contributed by atoms with Gasteiger partial charge in [0.15, 0.2) is 0 Å². The highest BCUT2D eigenvalue weighted by Crippen LogP contribution is 2.26. The summed E-state index contributed by atoms with van der Waals surface area (Å²) in [6, 6.07) is 5.06. The molecule has 1 heterocycles. The molecule has 0 aliphatic carbocycles. The molecule has 0 radical (unpaired) electrons. The predicted octanol–water partition coefficient (Wildman–Crippen LogP) is 1.96. The highest BCUT2D eigenvalue weighted by molar-refractivity contribution is 5.86. The maximum absolute atomic E-state index is 12.2. The van der Waals surface area contributed by atoms with Crippen LogP contribution >= 0.6 is 0 Å². The van der Waals surface area contributed by atoms with Gasteiger partial charge in [-0.05, 0) is 25.0 Å². The molecular weight excluding hydrogens is 268 g/mol. The Bertz CT molecular complexity index is 648. The quantitative estimate of drug-likeness (QED) is 0.882. The average molecular weight is 290 g/mol. The number of carbonyl (C=O) groups excluding carboxylic acids is 1. The number of amides is 1. The molecule has 0 aliphatic heterocycles. The highest BCUT2D eigenvalue weighted by atomic mass is 16.5. The topological polar surface area (TPSA) is 82.2 Å². The van der Waals surface area contributed by atoms with Crippen LogP contribution in [0, 0.1) is 5.92 Å². The summed E-state index contributed by atoms with van der Waals surface area (Å²) < 4.78 is 6.95. The first-order valence-electron chi connectivity index (χ1n) is 7.03. The first kappa shape index (κ1) is 15.2. The van der Waals surface area contributed by atoms with Crippen molar-refractivity contribution >= 4 is 22.9 Å². The van der Waals surface area contributed by atoms with E-state index < -0.39 is 6.04 Å². The molecule has 1 aromatic heterocycles. The average Bonchev–Trinajstić information content (AvgIpc) is 2.78. The van der Waals surface area contributed by atoms with Crippen molar-refractivity contribution < 1.29 is 9.53 Å². The van der Waals surface area contributed by atoms with E-state index in [1.807, 2.05) is 25.1 Å². The van der Waals surface area contributed by atoms with Crippen LogP contribution in [0.5, 0.6) is 5.75 Å². The third kappa shape index (κ3) is 3.09. The minimum atomic E-state index is -0.430. The van der Waals surface area contributed by atoms with E-state index in [9.17, 15) is 4.79 Å². The van der Waals surface area contributed by atoms with E-state index in [0.29, 0.717) is 24.2 Å². The number of methoxy groups -OCH3 is 1. The summed E-state index contributed by atoms with van der Waals surface area (Å²) >= 11 is 0. The van der Waals surface area contributed by atoms with E-state index in [4.69, 9.17) is 10.5 Å². The number of imidazole rings is 1. The van der Waals surface area contributed by atoms with Gasteiger partial charge >= 0.3 is 0 Å². The molecule has 2 aromatic rings. The zero-order valence-electron chi connectivity index (χ0n) is 12.9. The van der Waals surface area contributed by atoms with Crippen molar-refractivity contribution in [2.45, 2.75) is 26.8 Å². The van der Waals surface area contributed by atoms with Crippen LogP contribution in [0.15, 0.2) is 18.2 Å². The molecule has 1 aromatic carbocycles. The molecule has 0 saturated heterocycles. The van der Waals surface area contributed by atoms with Gasteiger partial charge in [-0.1, -0.05) is 13.8 Å². The third-order valence-corrected chi connectivity index (χ3v) is 3.38. The molecule has 0 spiro atoms. The van der Waals surface area contributed by atoms with E-state index in [0.717, 1.165) is 11.0 Å². The molecule has 21 heavy (non-hydrogen) atoms.